The summed E-state index contributed by atoms with van der Waals surface area (Å²) in [7, 11) is 7.50. The Morgan fingerprint density at radius 1 is 1.13 bits per heavy atom. The third kappa shape index (κ3) is 7.24. The number of guanidine groups is 1. The fraction of sp³-hybridized carbons (Fsp3) is 0.478. The van der Waals surface area contributed by atoms with E-state index in [0.717, 1.165) is 42.9 Å². The Morgan fingerprint density at radius 3 is 2.45 bits per heavy atom. The summed E-state index contributed by atoms with van der Waals surface area (Å²) in [4.78, 5) is 13.6. The molecule has 0 amide bonds. The van der Waals surface area contributed by atoms with Crippen molar-refractivity contribution in [3.8, 4) is 5.75 Å². The minimum Gasteiger partial charge on any atom is -0.497 e. The average molecular weight is 538 g/mol. The maximum atomic E-state index is 5.32. The number of pyridine rings is 1. The van der Waals surface area contributed by atoms with E-state index in [9.17, 15) is 0 Å². The normalized spacial score (nSPS) is 15.2. The lowest BCUT2D eigenvalue weighted by Crippen LogP contribution is -2.42. The van der Waals surface area contributed by atoms with Crippen molar-refractivity contribution in [1.82, 2.24) is 20.5 Å². The molecule has 1 unspecified atom stereocenters. The van der Waals surface area contributed by atoms with Crippen molar-refractivity contribution in [2.45, 2.75) is 25.4 Å². The highest BCUT2D eigenvalue weighted by Crippen LogP contribution is 2.26. The fourth-order valence-corrected chi connectivity index (χ4v) is 3.74. The molecule has 1 aliphatic rings. The molecule has 0 saturated carbocycles. The molecule has 0 bridgehead atoms. The first kappa shape index (κ1) is 25.2. The molecule has 2 heterocycles. The van der Waals surface area contributed by atoms with Crippen molar-refractivity contribution in [2.24, 2.45) is 4.99 Å². The monoisotopic (exact) mass is 538 g/mol. The Hall–Kier alpha value is -2.07. The lowest BCUT2D eigenvalue weighted by Gasteiger charge is -2.29. The van der Waals surface area contributed by atoms with Crippen LogP contribution in [0, 0.1) is 0 Å². The number of methoxy groups -OCH3 is 1. The quantitative estimate of drug-likeness (QED) is 0.306. The van der Waals surface area contributed by atoms with Crippen LogP contribution in [-0.2, 0) is 6.54 Å². The average Bonchev–Trinajstić information content (AvgIpc) is 3.31. The number of likely N-dealkylation sites (tertiary alicyclic amines) is 1. The molecule has 1 atom stereocenters. The second kappa shape index (κ2) is 12.7. The van der Waals surface area contributed by atoms with Crippen molar-refractivity contribution in [3.63, 3.8) is 0 Å². The van der Waals surface area contributed by atoms with Gasteiger partial charge in [-0.3, -0.25) is 9.89 Å². The molecule has 1 aliphatic heterocycles. The zero-order chi connectivity index (χ0) is 21.3. The number of anilines is 1. The Morgan fingerprint density at radius 2 is 1.84 bits per heavy atom. The lowest BCUT2D eigenvalue weighted by atomic mass is 10.1. The number of hydrogen-bond acceptors (Lipinski definition) is 5. The maximum absolute atomic E-state index is 5.32. The van der Waals surface area contributed by atoms with Crippen LogP contribution in [-0.4, -0.2) is 63.7 Å². The van der Waals surface area contributed by atoms with Crippen LogP contribution in [0.25, 0.3) is 0 Å². The van der Waals surface area contributed by atoms with E-state index in [1.54, 1.807) is 14.2 Å². The Labute approximate surface area is 203 Å². The van der Waals surface area contributed by atoms with Gasteiger partial charge in [-0.15, -0.1) is 24.0 Å². The van der Waals surface area contributed by atoms with Gasteiger partial charge in [0, 0.05) is 27.7 Å². The number of nitrogens with one attached hydrogen (secondary N) is 2. The molecule has 1 aromatic carbocycles. The first-order valence-electron chi connectivity index (χ1n) is 10.6. The highest BCUT2D eigenvalue weighted by atomic mass is 127. The molecule has 1 aromatic heterocycles. The molecule has 1 saturated heterocycles. The van der Waals surface area contributed by atoms with Gasteiger partial charge in [0.25, 0.3) is 0 Å². The number of nitrogens with zero attached hydrogens (tertiary/aromatic N) is 4. The number of benzene rings is 1. The molecule has 8 heteroatoms. The lowest BCUT2D eigenvalue weighted by molar-refractivity contribution is 0.245. The summed E-state index contributed by atoms with van der Waals surface area (Å²) in [6, 6.07) is 14.8. The molecule has 0 spiro atoms. The smallest absolute Gasteiger partial charge is 0.191 e. The van der Waals surface area contributed by atoms with E-state index in [1.165, 1.54) is 18.4 Å². The molecule has 31 heavy (non-hydrogen) atoms. The van der Waals surface area contributed by atoms with Gasteiger partial charge < -0.3 is 20.3 Å². The summed E-state index contributed by atoms with van der Waals surface area (Å²) in [6.07, 6.45) is 2.51. The van der Waals surface area contributed by atoms with Crippen LogP contribution in [0.15, 0.2) is 47.5 Å². The van der Waals surface area contributed by atoms with Gasteiger partial charge in [-0.2, -0.15) is 0 Å². The minimum absolute atomic E-state index is 0. The van der Waals surface area contributed by atoms with Gasteiger partial charge in [-0.1, -0.05) is 18.2 Å². The van der Waals surface area contributed by atoms with E-state index in [4.69, 9.17) is 4.74 Å². The number of hydrogen-bond donors (Lipinski definition) is 2. The zero-order valence-electron chi connectivity index (χ0n) is 19.0. The Balaban J connectivity index is 0.00000341. The summed E-state index contributed by atoms with van der Waals surface area (Å²) in [6.45, 7) is 3.67. The van der Waals surface area contributed by atoms with Gasteiger partial charge in [0.2, 0.25) is 0 Å². The van der Waals surface area contributed by atoms with E-state index in [2.05, 4.69) is 37.6 Å². The van der Waals surface area contributed by atoms with Crippen molar-refractivity contribution in [2.75, 3.05) is 52.8 Å². The number of ether oxygens (including phenoxy) is 1. The molecular weight excluding hydrogens is 503 g/mol. The predicted molar refractivity (Wildman–Crippen MR) is 139 cm³/mol. The van der Waals surface area contributed by atoms with Crippen LogP contribution >= 0.6 is 24.0 Å². The molecule has 2 N–H and O–H groups in total. The van der Waals surface area contributed by atoms with Crippen LogP contribution in [0.2, 0.25) is 0 Å². The van der Waals surface area contributed by atoms with E-state index in [1.807, 2.05) is 49.3 Å². The standard InChI is InChI=1S/C23H34N6O.HI/c1-24-23(25-16-19-8-7-9-22(27-19)28(2)3)26-17-21(29-14-5-6-15-29)18-10-12-20(30-4)13-11-18;/h7-13,21H,5-6,14-17H2,1-4H3,(H2,24,25,26);1H. The first-order valence-corrected chi connectivity index (χ1v) is 10.6. The van der Waals surface area contributed by atoms with Crippen LogP contribution in [0.1, 0.15) is 30.1 Å². The zero-order valence-corrected chi connectivity index (χ0v) is 21.3. The van der Waals surface area contributed by atoms with Gasteiger partial charge in [-0.25, -0.2) is 4.98 Å². The third-order valence-corrected chi connectivity index (χ3v) is 5.46. The van der Waals surface area contributed by atoms with Crippen LogP contribution in [0.3, 0.4) is 0 Å². The SMILES string of the molecule is CN=C(NCc1cccc(N(C)C)n1)NCC(c1ccc(OC)cc1)N1CCCC1.I. The molecular formula is C23H35IN6O. The van der Waals surface area contributed by atoms with Crippen molar-refractivity contribution >= 4 is 35.8 Å². The largest absolute Gasteiger partial charge is 0.497 e. The number of rotatable bonds is 8. The van der Waals surface area contributed by atoms with E-state index >= 15 is 0 Å². The first-order chi connectivity index (χ1) is 14.6. The molecule has 0 aliphatic carbocycles. The Bertz CT molecular complexity index is 821. The van der Waals surface area contributed by atoms with Gasteiger partial charge in [0.1, 0.15) is 11.6 Å². The van der Waals surface area contributed by atoms with E-state index < -0.39 is 0 Å². The van der Waals surface area contributed by atoms with Crippen LogP contribution in [0.5, 0.6) is 5.75 Å². The molecule has 0 radical (unpaired) electrons. The van der Waals surface area contributed by atoms with Crippen molar-refractivity contribution in [3.05, 3.63) is 53.7 Å². The molecule has 7 nitrogen and oxygen atoms in total. The van der Waals surface area contributed by atoms with Gasteiger partial charge in [0.15, 0.2) is 5.96 Å². The molecule has 170 valence electrons. The topological polar surface area (TPSA) is 65.0 Å². The summed E-state index contributed by atoms with van der Waals surface area (Å²) >= 11 is 0. The summed E-state index contributed by atoms with van der Waals surface area (Å²) in [5.74, 6) is 2.62. The highest BCUT2D eigenvalue weighted by molar-refractivity contribution is 14.0. The molecule has 3 rings (SSSR count). The highest BCUT2D eigenvalue weighted by Gasteiger charge is 2.23. The van der Waals surface area contributed by atoms with E-state index in [-0.39, 0.29) is 24.0 Å². The third-order valence-electron chi connectivity index (χ3n) is 5.46. The minimum atomic E-state index is 0. The van der Waals surface area contributed by atoms with Crippen molar-refractivity contribution < 1.29 is 4.74 Å². The predicted octanol–water partition coefficient (Wildman–Crippen LogP) is 3.28. The number of aliphatic imine (C=N–C) groups is 1. The van der Waals surface area contributed by atoms with Crippen molar-refractivity contribution in [1.29, 1.82) is 0 Å². The Kier molecular flexibility index (Phi) is 10.3. The van der Waals surface area contributed by atoms with Gasteiger partial charge in [0.05, 0.1) is 25.4 Å². The maximum Gasteiger partial charge on any atom is 0.191 e. The second-order valence-electron chi connectivity index (χ2n) is 7.72. The van der Waals surface area contributed by atoms with Crippen LogP contribution < -0.4 is 20.3 Å². The number of halogens is 1. The van der Waals surface area contributed by atoms with Gasteiger partial charge in [-0.05, 0) is 55.8 Å². The van der Waals surface area contributed by atoms with Gasteiger partial charge >= 0.3 is 0 Å². The molecule has 1 fully saturated rings. The second-order valence-corrected chi connectivity index (χ2v) is 7.72. The fourth-order valence-electron chi connectivity index (χ4n) is 3.74. The van der Waals surface area contributed by atoms with E-state index in [0.29, 0.717) is 12.6 Å². The summed E-state index contributed by atoms with van der Waals surface area (Å²) < 4.78 is 5.32. The van der Waals surface area contributed by atoms with Crippen LogP contribution in [0.4, 0.5) is 5.82 Å². The molecule has 2 aromatic rings. The summed E-state index contributed by atoms with van der Waals surface area (Å²) in [5, 5.41) is 6.90. The summed E-state index contributed by atoms with van der Waals surface area (Å²) in [5.41, 5.74) is 2.27. The number of aromatic nitrogens is 1.